The second-order valence-electron chi connectivity index (χ2n) is 4.69. The lowest BCUT2D eigenvalue weighted by Crippen LogP contribution is -2.32. The second kappa shape index (κ2) is 8.11. The van der Waals surface area contributed by atoms with Gasteiger partial charge in [-0.15, -0.1) is 0 Å². The van der Waals surface area contributed by atoms with Gasteiger partial charge in [0.25, 0.3) is 10.0 Å². The Balaban J connectivity index is 2.35. The number of hydrogen-bond donors (Lipinski definition) is 3. The van der Waals surface area contributed by atoms with Crippen LogP contribution in [0.3, 0.4) is 0 Å². The van der Waals surface area contributed by atoms with Crippen molar-refractivity contribution in [3.63, 3.8) is 0 Å². The fourth-order valence-electron chi connectivity index (χ4n) is 1.61. The van der Waals surface area contributed by atoms with Gasteiger partial charge in [-0.2, -0.15) is 0 Å². The summed E-state index contributed by atoms with van der Waals surface area (Å²) >= 11 is 0. The van der Waals surface area contributed by atoms with Crippen LogP contribution >= 0.6 is 0 Å². The molecule has 0 saturated carbocycles. The van der Waals surface area contributed by atoms with Gasteiger partial charge in [-0.25, -0.2) is 18.1 Å². The molecule has 21 heavy (non-hydrogen) atoms. The van der Waals surface area contributed by atoms with Crippen molar-refractivity contribution in [2.45, 2.75) is 24.8 Å². The van der Waals surface area contributed by atoms with E-state index < -0.39 is 10.0 Å². The predicted octanol–water partition coefficient (Wildman–Crippen LogP) is -0.877. The maximum Gasteiger partial charge on any atom is 0.259 e. The van der Waals surface area contributed by atoms with E-state index in [1.54, 1.807) is 18.5 Å². The number of sulfonamides is 1. The molecule has 1 heterocycles. The molecule has 3 N–H and O–H groups in total. The number of carbonyl (C=O) groups excluding carboxylic acids is 1. The van der Waals surface area contributed by atoms with Crippen LogP contribution in [0.4, 0.5) is 0 Å². The van der Waals surface area contributed by atoms with Crippen LogP contribution in [0.25, 0.3) is 0 Å². The number of hydrogen-bond acceptors (Lipinski definition) is 5. The lowest BCUT2D eigenvalue weighted by atomic mass is 10.3. The maximum absolute atomic E-state index is 12.0. The molecule has 0 unspecified atom stereocenters. The molecule has 0 saturated heterocycles. The zero-order valence-electron chi connectivity index (χ0n) is 12.6. The Morgan fingerprint density at radius 3 is 2.62 bits per heavy atom. The quantitative estimate of drug-likeness (QED) is 0.513. The van der Waals surface area contributed by atoms with Crippen molar-refractivity contribution in [1.29, 1.82) is 0 Å². The monoisotopic (exact) mass is 317 g/mol. The van der Waals surface area contributed by atoms with Crippen LogP contribution in [0, 0.1) is 6.92 Å². The van der Waals surface area contributed by atoms with Crippen molar-refractivity contribution in [3.8, 4) is 0 Å². The molecule has 0 bridgehead atoms. The molecule has 0 aromatic carbocycles. The summed E-state index contributed by atoms with van der Waals surface area (Å²) in [6, 6.07) is 0. The Labute approximate surface area is 125 Å². The third-order valence-corrected chi connectivity index (χ3v) is 4.26. The van der Waals surface area contributed by atoms with Crippen molar-refractivity contribution in [3.05, 3.63) is 12.0 Å². The van der Waals surface area contributed by atoms with Gasteiger partial charge in [-0.05, 0) is 26.9 Å². The average molecular weight is 317 g/mol. The molecular formula is C12H23N5O3S. The minimum Gasteiger partial charge on any atom is -0.356 e. The average Bonchev–Trinajstić information content (AvgIpc) is 2.75. The molecule has 8 nitrogen and oxygen atoms in total. The van der Waals surface area contributed by atoms with E-state index in [0.29, 0.717) is 12.4 Å². The first-order valence-electron chi connectivity index (χ1n) is 6.77. The van der Waals surface area contributed by atoms with Crippen LogP contribution in [0.5, 0.6) is 0 Å². The highest BCUT2D eigenvalue weighted by atomic mass is 32.2. The Hall–Kier alpha value is -1.45. The number of rotatable bonds is 9. The van der Waals surface area contributed by atoms with Crippen LogP contribution in [-0.4, -0.2) is 50.6 Å². The van der Waals surface area contributed by atoms with Crippen molar-refractivity contribution in [1.82, 2.24) is 24.9 Å². The smallest absolute Gasteiger partial charge is 0.259 e. The Morgan fingerprint density at radius 1 is 1.33 bits per heavy atom. The fraction of sp³-hybridized carbons (Fsp3) is 0.667. The van der Waals surface area contributed by atoms with Crippen LogP contribution < -0.4 is 15.4 Å². The summed E-state index contributed by atoms with van der Waals surface area (Å²) in [7, 11) is -0.0933. The molecule has 1 aromatic heterocycles. The maximum atomic E-state index is 12.0. The second-order valence-corrected chi connectivity index (χ2v) is 6.41. The van der Waals surface area contributed by atoms with Crippen molar-refractivity contribution >= 4 is 15.9 Å². The lowest BCUT2D eigenvalue weighted by molar-refractivity contribution is -0.120. The Kier molecular flexibility index (Phi) is 6.79. The third kappa shape index (κ3) is 5.82. The van der Waals surface area contributed by atoms with Crippen molar-refractivity contribution in [2.75, 3.05) is 26.7 Å². The molecule has 0 spiro atoms. The summed E-state index contributed by atoms with van der Waals surface area (Å²) in [5.74, 6) is 0.434. The number of nitrogens with zero attached hydrogens (tertiary/aromatic N) is 2. The standard InChI is InChI=1S/C12H23N5O3S/c1-10-16-12(9-17(10)3)21(19,20)15-8-5-11(18)14-7-4-6-13-2/h9,13,15H,4-8H2,1-3H3,(H,14,18). The van der Waals surface area contributed by atoms with E-state index in [1.807, 2.05) is 7.05 Å². The summed E-state index contributed by atoms with van der Waals surface area (Å²) in [5, 5.41) is 5.67. The number of aromatic nitrogens is 2. The molecule has 1 amide bonds. The first-order valence-corrected chi connectivity index (χ1v) is 8.26. The molecule has 120 valence electrons. The van der Waals surface area contributed by atoms with Crippen molar-refractivity contribution in [2.24, 2.45) is 7.05 Å². The highest BCUT2D eigenvalue weighted by molar-refractivity contribution is 7.89. The summed E-state index contributed by atoms with van der Waals surface area (Å²) in [5.41, 5.74) is 0. The molecule has 0 atom stereocenters. The highest BCUT2D eigenvalue weighted by Crippen LogP contribution is 2.07. The molecule has 0 fully saturated rings. The predicted molar refractivity (Wildman–Crippen MR) is 79.3 cm³/mol. The first kappa shape index (κ1) is 17.6. The molecule has 1 rings (SSSR count). The minimum atomic E-state index is -3.66. The third-order valence-electron chi connectivity index (χ3n) is 2.93. The zero-order valence-corrected chi connectivity index (χ0v) is 13.5. The summed E-state index contributed by atoms with van der Waals surface area (Å²) < 4.78 is 27.9. The van der Waals surface area contributed by atoms with E-state index in [2.05, 4.69) is 20.3 Å². The number of carbonyl (C=O) groups is 1. The summed E-state index contributed by atoms with van der Waals surface area (Å²) in [6.07, 6.45) is 2.38. The normalized spacial score (nSPS) is 11.6. The van der Waals surface area contributed by atoms with Gasteiger partial charge in [0.1, 0.15) is 5.82 Å². The van der Waals surface area contributed by atoms with E-state index in [9.17, 15) is 13.2 Å². The minimum absolute atomic E-state index is 0.0306. The van der Waals surface area contributed by atoms with Crippen LogP contribution in [0.2, 0.25) is 0 Å². The van der Waals surface area contributed by atoms with Gasteiger partial charge >= 0.3 is 0 Å². The molecule has 9 heteroatoms. The molecule has 0 aliphatic heterocycles. The van der Waals surface area contributed by atoms with E-state index in [4.69, 9.17) is 0 Å². The van der Waals surface area contributed by atoms with Gasteiger partial charge in [0, 0.05) is 32.8 Å². The molecular weight excluding hydrogens is 294 g/mol. The highest BCUT2D eigenvalue weighted by Gasteiger charge is 2.18. The van der Waals surface area contributed by atoms with Crippen molar-refractivity contribution < 1.29 is 13.2 Å². The SMILES string of the molecule is CNCCCNC(=O)CCNS(=O)(=O)c1cn(C)c(C)n1. The lowest BCUT2D eigenvalue weighted by Gasteiger charge is -2.06. The van der Waals surface area contributed by atoms with Crippen LogP contribution in [-0.2, 0) is 21.9 Å². The van der Waals surface area contributed by atoms with Crippen LogP contribution in [0.15, 0.2) is 11.2 Å². The van der Waals surface area contributed by atoms with E-state index >= 15 is 0 Å². The van der Waals surface area contributed by atoms with Gasteiger partial charge in [-0.1, -0.05) is 0 Å². The van der Waals surface area contributed by atoms with E-state index in [1.165, 1.54) is 6.20 Å². The first-order chi connectivity index (χ1) is 9.86. The largest absolute Gasteiger partial charge is 0.356 e. The summed E-state index contributed by atoms with van der Waals surface area (Å²) in [6.45, 7) is 3.17. The Morgan fingerprint density at radius 2 is 2.05 bits per heavy atom. The fourth-order valence-corrected chi connectivity index (χ4v) is 2.68. The van der Waals surface area contributed by atoms with E-state index in [-0.39, 0.29) is 23.9 Å². The number of amides is 1. The van der Waals surface area contributed by atoms with Crippen LogP contribution in [0.1, 0.15) is 18.7 Å². The Bertz CT molecular complexity index is 548. The topological polar surface area (TPSA) is 105 Å². The van der Waals surface area contributed by atoms with Gasteiger partial charge in [-0.3, -0.25) is 4.79 Å². The molecule has 0 aliphatic rings. The van der Waals surface area contributed by atoms with Gasteiger partial charge < -0.3 is 15.2 Å². The summed E-state index contributed by atoms with van der Waals surface area (Å²) in [4.78, 5) is 15.5. The van der Waals surface area contributed by atoms with Gasteiger partial charge in [0.15, 0.2) is 5.03 Å². The van der Waals surface area contributed by atoms with E-state index in [0.717, 1.165) is 13.0 Å². The van der Waals surface area contributed by atoms with Gasteiger partial charge in [0.2, 0.25) is 5.91 Å². The van der Waals surface area contributed by atoms with Gasteiger partial charge in [0.05, 0.1) is 0 Å². The zero-order chi connectivity index (χ0) is 15.9. The molecule has 0 aliphatic carbocycles. The number of imidazole rings is 1. The number of nitrogens with one attached hydrogen (secondary N) is 3. The number of aryl methyl sites for hydroxylation is 2. The molecule has 0 radical (unpaired) electrons. The molecule has 1 aromatic rings.